The molecule has 0 spiro atoms. The molecule has 0 aromatic heterocycles. The molecule has 2 fully saturated rings. The van der Waals surface area contributed by atoms with Crippen molar-refractivity contribution >= 4 is 5.91 Å². The van der Waals surface area contributed by atoms with Gasteiger partial charge in [0.1, 0.15) is 0 Å². The maximum absolute atomic E-state index is 11.4. The van der Waals surface area contributed by atoms with Crippen LogP contribution in [-0.4, -0.2) is 23.9 Å². The Labute approximate surface area is 73.9 Å². The maximum atomic E-state index is 11.4. The van der Waals surface area contributed by atoms with E-state index < -0.39 is 0 Å². The molecule has 2 rings (SSSR count). The Morgan fingerprint density at radius 2 is 2.08 bits per heavy atom. The smallest absolute Gasteiger partial charge is 0.222 e. The molecule has 68 valence electrons. The van der Waals surface area contributed by atoms with E-state index in [9.17, 15) is 4.79 Å². The van der Waals surface area contributed by atoms with Gasteiger partial charge in [0, 0.05) is 19.5 Å². The number of hydrogen-bond acceptors (Lipinski definition) is 1. The van der Waals surface area contributed by atoms with E-state index in [0.29, 0.717) is 5.91 Å². The Balaban J connectivity index is 1.80. The molecular formula is C10H17NO. The second kappa shape index (κ2) is 3.46. The van der Waals surface area contributed by atoms with Crippen molar-refractivity contribution in [1.82, 2.24) is 4.90 Å². The first-order valence-corrected chi connectivity index (χ1v) is 5.14. The predicted octanol–water partition coefficient (Wildman–Crippen LogP) is 1.80. The van der Waals surface area contributed by atoms with Gasteiger partial charge in [0.15, 0.2) is 0 Å². The molecule has 2 heteroatoms. The molecule has 0 aromatic rings. The second-order valence-electron chi connectivity index (χ2n) is 4.09. The number of hydrogen-bond donors (Lipinski definition) is 0. The Morgan fingerprint density at radius 3 is 2.67 bits per heavy atom. The van der Waals surface area contributed by atoms with E-state index in [1.165, 1.54) is 25.7 Å². The Hall–Kier alpha value is -0.530. The van der Waals surface area contributed by atoms with Crippen LogP contribution < -0.4 is 0 Å². The molecule has 1 amide bonds. The molecule has 1 aliphatic heterocycles. The second-order valence-corrected chi connectivity index (χ2v) is 4.09. The SMILES string of the molecule is O=C1CCCCN1CC1CCC1. The summed E-state index contributed by atoms with van der Waals surface area (Å²) in [7, 11) is 0. The van der Waals surface area contributed by atoms with Gasteiger partial charge < -0.3 is 4.90 Å². The first-order chi connectivity index (χ1) is 5.86. The van der Waals surface area contributed by atoms with E-state index in [4.69, 9.17) is 0 Å². The van der Waals surface area contributed by atoms with E-state index in [1.54, 1.807) is 0 Å². The fraction of sp³-hybridized carbons (Fsp3) is 0.900. The average Bonchev–Trinajstić information content (AvgIpc) is 2.00. The zero-order valence-electron chi connectivity index (χ0n) is 7.59. The van der Waals surface area contributed by atoms with Gasteiger partial charge in [-0.3, -0.25) is 4.79 Å². The van der Waals surface area contributed by atoms with Crippen molar-refractivity contribution in [1.29, 1.82) is 0 Å². The van der Waals surface area contributed by atoms with Gasteiger partial charge in [-0.1, -0.05) is 6.42 Å². The summed E-state index contributed by atoms with van der Waals surface area (Å²) < 4.78 is 0. The molecular weight excluding hydrogens is 150 g/mol. The largest absolute Gasteiger partial charge is 0.342 e. The molecule has 2 nitrogen and oxygen atoms in total. The molecule has 0 bridgehead atoms. The van der Waals surface area contributed by atoms with Crippen molar-refractivity contribution < 1.29 is 4.79 Å². The van der Waals surface area contributed by atoms with Gasteiger partial charge in [-0.15, -0.1) is 0 Å². The Morgan fingerprint density at radius 1 is 1.25 bits per heavy atom. The third-order valence-electron chi connectivity index (χ3n) is 3.12. The zero-order valence-corrected chi connectivity index (χ0v) is 7.59. The minimum Gasteiger partial charge on any atom is -0.342 e. The number of carbonyl (C=O) groups is 1. The molecule has 12 heavy (non-hydrogen) atoms. The molecule has 0 unspecified atom stereocenters. The fourth-order valence-corrected chi connectivity index (χ4v) is 2.04. The molecule has 0 N–H and O–H groups in total. The third-order valence-corrected chi connectivity index (χ3v) is 3.12. The summed E-state index contributed by atoms with van der Waals surface area (Å²) in [6.45, 7) is 2.08. The predicted molar refractivity (Wildman–Crippen MR) is 47.8 cm³/mol. The van der Waals surface area contributed by atoms with Crippen LogP contribution in [0.3, 0.4) is 0 Å². The number of carbonyl (C=O) groups excluding carboxylic acids is 1. The maximum Gasteiger partial charge on any atom is 0.222 e. The van der Waals surface area contributed by atoms with E-state index in [1.807, 2.05) is 0 Å². The Bertz CT molecular complexity index is 175. The van der Waals surface area contributed by atoms with Gasteiger partial charge in [-0.05, 0) is 31.6 Å². The molecule has 1 saturated carbocycles. The van der Waals surface area contributed by atoms with Crippen molar-refractivity contribution in [2.45, 2.75) is 38.5 Å². The Kier molecular flexibility index (Phi) is 2.33. The molecule has 1 aliphatic carbocycles. The van der Waals surface area contributed by atoms with Gasteiger partial charge in [0.2, 0.25) is 5.91 Å². The van der Waals surface area contributed by atoms with Crippen LogP contribution in [0.2, 0.25) is 0 Å². The summed E-state index contributed by atoms with van der Waals surface area (Å²) in [5.41, 5.74) is 0. The molecule has 1 heterocycles. The van der Waals surface area contributed by atoms with Crippen LogP contribution in [0.25, 0.3) is 0 Å². The standard InChI is InChI=1S/C10H17NO/c12-10-6-1-2-7-11(10)8-9-4-3-5-9/h9H,1-8H2. The van der Waals surface area contributed by atoms with Gasteiger partial charge in [-0.2, -0.15) is 0 Å². The van der Waals surface area contributed by atoms with Gasteiger partial charge in [0.05, 0.1) is 0 Å². The molecule has 0 radical (unpaired) electrons. The van der Waals surface area contributed by atoms with E-state index in [0.717, 1.165) is 31.8 Å². The lowest BCUT2D eigenvalue weighted by molar-refractivity contribution is -0.134. The highest BCUT2D eigenvalue weighted by atomic mass is 16.2. The summed E-state index contributed by atoms with van der Waals surface area (Å²) in [5, 5.41) is 0. The number of piperidine rings is 1. The van der Waals surface area contributed by atoms with Crippen LogP contribution in [-0.2, 0) is 4.79 Å². The van der Waals surface area contributed by atoms with E-state index in [-0.39, 0.29) is 0 Å². The average molecular weight is 167 g/mol. The van der Waals surface area contributed by atoms with Crippen LogP contribution >= 0.6 is 0 Å². The van der Waals surface area contributed by atoms with Crippen molar-refractivity contribution in [3.8, 4) is 0 Å². The summed E-state index contributed by atoms with van der Waals surface area (Å²) in [5.74, 6) is 1.24. The first-order valence-electron chi connectivity index (χ1n) is 5.14. The van der Waals surface area contributed by atoms with Gasteiger partial charge >= 0.3 is 0 Å². The van der Waals surface area contributed by atoms with Crippen molar-refractivity contribution in [3.05, 3.63) is 0 Å². The van der Waals surface area contributed by atoms with Crippen LogP contribution in [0.1, 0.15) is 38.5 Å². The number of likely N-dealkylation sites (tertiary alicyclic amines) is 1. The lowest BCUT2D eigenvalue weighted by atomic mass is 9.85. The quantitative estimate of drug-likeness (QED) is 0.614. The monoisotopic (exact) mass is 167 g/mol. The van der Waals surface area contributed by atoms with Crippen LogP contribution in [0.5, 0.6) is 0 Å². The van der Waals surface area contributed by atoms with Crippen molar-refractivity contribution in [3.63, 3.8) is 0 Å². The molecule has 0 atom stereocenters. The van der Waals surface area contributed by atoms with Gasteiger partial charge in [0.25, 0.3) is 0 Å². The van der Waals surface area contributed by atoms with E-state index >= 15 is 0 Å². The highest BCUT2D eigenvalue weighted by Crippen LogP contribution is 2.28. The third kappa shape index (κ3) is 1.62. The van der Waals surface area contributed by atoms with Crippen molar-refractivity contribution in [2.24, 2.45) is 5.92 Å². The lowest BCUT2D eigenvalue weighted by Crippen LogP contribution is -2.40. The first kappa shape index (κ1) is 8.09. The summed E-state index contributed by atoms with van der Waals surface area (Å²) >= 11 is 0. The van der Waals surface area contributed by atoms with Crippen molar-refractivity contribution in [2.75, 3.05) is 13.1 Å². The normalized spacial score (nSPS) is 25.7. The lowest BCUT2D eigenvalue weighted by Gasteiger charge is -2.34. The van der Waals surface area contributed by atoms with E-state index in [2.05, 4.69) is 4.90 Å². The number of nitrogens with zero attached hydrogens (tertiary/aromatic N) is 1. The van der Waals surface area contributed by atoms with Gasteiger partial charge in [-0.25, -0.2) is 0 Å². The summed E-state index contributed by atoms with van der Waals surface area (Å²) in [6, 6.07) is 0. The fourth-order valence-electron chi connectivity index (χ4n) is 2.04. The number of rotatable bonds is 2. The summed E-state index contributed by atoms with van der Waals surface area (Å²) in [6.07, 6.45) is 7.21. The molecule has 0 aromatic carbocycles. The minimum atomic E-state index is 0.396. The highest BCUT2D eigenvalue weighted by molar-refractivity contribution is 5.76. The van der Waals surface area contributed by atoms with Crippen LogP contribution in [0.4, 0.5) is 0 Å². The summed E-state index contributed by atoms with van der Waals surface area (Å²) in [4.78, 5) is 13.5. The highest BCUT2D eigenvalue weighted by Gasteiger charge is 2.24. The minimum absolute atomic E-state index is 0.396. The van der Waals surface area contributed by atoms with Crippen LogP contribution in [0, 0.1) is 5.92 Å². The van der Waals surface area contributed by atoms with Crippen LogP contribution in [0.15, 0.2) is 0 Å². The molecule has 2 aliphatic rings. The number of amides is 1. The molecule has 1 saturated heterocycles. The zero-order chi connectivity index (χ0) is 8.39. The topological polar surface area (TPSA) is 20.3 Å².